The number of hydrogen-bond donors (Lipinski definition) is 0. The first-order chi connectivity index (χ1) is 12.4. The predicted molar refractivity (Wildman–Crippen MR) is 97.7 cm³/mol. The Balaban J connectivity index is 1.70. The third kappa shape index (κ3) is 3.76. The number of nitrogens with zero attached hydrogens (tertiary/aromatic N) is 3. The van der Waals surface area contributed by atoms with Crippen LogP contribution in [-0.4, -0.2) is 49.7 Å². The molecule has 0 radical (unpaired) electrons. The quantitative estimate of drug-likeness (QED) is 0.809. The van der Waals surface area contributed by atoms with Crippen LogP contribution in [-0.2, 0) is 14.8 Å². The molecule has 0 unspecified atom stereocenters. The molecule has 0 N–H and O–H groups in total. The third-order valence-electron chi connectivity index (χ3n) is 5.61. The van der Waals surface area contributed by atoms with Gasteiger partial charge in [-0.15, -0.1) is 0 Å². The van der Waals surface area contributed by atoms with E-state index < -0.39 is 10.0 Å². The standard InChI is InChI=1S/C19H25N3O3S/c1-21(26(24,25)17-10-8-15(13-20)9-11-17)14-19(23)22-12-4-6-16-5-2-3-7-18(16)22/h8-11,16,18H,2-7,12,14H2,1H3/t16-,18+/m0/s1. The zero-order chi connectivity index (χ0) is 18.7. The van der Waals surface area contributed by atoms with Gasteiger partial charge in [0, 0.05) is 19.6 Å². The second kappa shape index (κ2) is 7.77. The van der Waals surface area contributed by atoms with Crippen molar-refractivity contribution in [2.24, 2.45) is 5.92 Å². The van der Waals surface area contributed by atoms with Crippen LogP contribution in [0.5, 0.6) is 0 Å². The normalized spacial score (nSPS) is 23.3. The monoisotopic (exact) mass is 375 g/mol. The van der Waals surface area contributed by atoms with E-state index in [9.17, 15) is 13.2 Å². The maximum Gasteiger partial charge on any atom is 0.243 e. The lowest BCUT2D eigenvalue weighted by Gasteiger charge is -2.44. The highest BCUT2D eigenvalue weighted by molar-refractivity contribution is 7.89. The van der Waals surface area contributed by atoms with Crippen LogP contribution in [0.4, 0.5) is 0 Å². The highest BCUT2D eigenvalue weighted by atomic mass is 32.2. The van der Waals surface area contributed by atoms with Crippen LogP contribution in [0.25, 0.3) is 0 Å². The first-order valence-corrected chi connectivity index (χ1v) is 10.6. The summed E-state index contributed by atoms with van der Waals surface area (Å²) in [5.74, 6) is 0.461. The summed E-state index contributed by atoms with van der Waals surface area (Å²) in [5.41, 5.74) is 0.402. The maximum atomic E-state index is 12.8. The minimum atomic E-state index is -3.75. The van der Waals surface area contributed by atoms with Gasteiger partial charge in [0.25, 0.3) is 0 Å². The van der Waals surface area contributed by atoms with E-state index in [1.807, 2.05) is 11.0 Å². The Bertz CT molecular complexity index is 796. The summed E-state index contributed by atoms with van der Waals surface area (Å²) < 4.78 is 26.5. The van der Waals surface area contributed by atoms with Gasteiger partial charge in [0.2, 0.25) is 15.9 Å². The third-order valence-corrected chi connectivity index (χ3v) is 7.43. The molecule has 6 nitrogen and oxygen atoms in total. The van der Waals surface area contributed by atoms with Crippen LogP contribution in [0, 0.1) is 17.2 Å². The number of fused-ring (bicyclic) bond motifs is 1. The second-order valence-corrected chi connectivity index (χ2v) is 9.28. The SMILES string of the molecule is CN(CC(=O)N1CCC[C@@H]2CCCC[C@H]21)S(=O)(=O)c1ccc(C#N)cc1. The summed E-state index contributed by atoms with van der Waals surface area (Å²) >= 11 is 0. The van der Waals surface area contributed by atoms with Crippen molar-refractivity contribution in [1.82, 2.24) is 9.21 Å². The maximum absolute atomic E-state index is 12.8. The number of rotatable bonds is 4. The molecule has 2 fully saturated rings. The zero-order valence-corrected chi connectivity index (χ0v) is 15.9. The molecule has 2 atom stereocenters. The molecule has 0 spiro atoms. The Labute approximate surface area is 155 Å². The van der Waals surface area contributed by atoms with E-state index >= 15 is 0 Å². The van der Waals surface area contributed by atoms with Crippen LogP contribution in [0.2, 0.25) is 0 Å². The fourth-order valence-corrected chi connectivity index (χ4v) is 5.30. The highest BCUT2D eigenvalue weighted by Crippen LogP contribution is 2.35. The van der Waals surface area contributed by atoms with E-state index in [0.29, 0.717) is 11.5 Å². The van der Waals surface area contributed by atoms with E-state index in [4.69, 9.17) is 5.26 Å². The number of nitriles is 1. The molecule has 2 aliphatic rings. The lowest BCUT2D eigenvalue weighted by Crippen LogP contribution is -2.52. The van der Waals surface area contributed by atoms with E-state index in [0.717, 1.165) is 30.1 Å². The smallest absolute Gasteiger partial charge is 0.243 e. The molecule has 7 heteroatoms. The van der Waals surface area contributed by atoms with Gasteiger partial charge in [-0.3, -0.25) is 4.79 Å². The molecule has 1 saturated carbocycles. The lowest BCUT2D eigenvalue weighted by atomic mass is 9.78. The van der Waals surface area contributed by atoms with Crippen molar-refractivity contribution in [1.29, 1.82) is 5.26 Å². The van der Waals surface area contributed by atoms with Crippen LogP contribution in [0.15, 0.2) is 29.2 Å². The molecular formula is C19H25N3O3S. The Kier molecular flexibility index (Phi) is 5.64. The van der Waals surface area contributed by atoms with Crippen molar-refractivity contribution in [3.8, 4) is 6.07 Å². The van der Waals surface area contributed by atoms with Gasteiger partial charge in [0.05, 0.1) is 23.1 Å². The Hall–Kier alpha value is -1.91. The summed E-state index contributed by atoms with van der Waals surface area (Å²) in [6, 6.07) is 8.00. The minimum absolute atomic E-state index is 0.0981. The van der Waals surface area contributed by atoms with E-state index in [1.54, 1.807) is 0 Å². The topological polar surface area (TPSA) is 81.5 Å². The fourth-order valence-electron chi connectivity index (χ4n) is 4.18. The Morgan fingerprint density at radius 3 is 2.54 bits per heavy atom. The van der Waals surface area contributed by atoms with E-state index in [2.05, 4.69) is 0 Å². The molecular weight excluding hydrogens is 350 g/mol. The van der Waals surface area contributed by atoms with Crippen LogP contribution in [0.3, 0.4) is 0 Å². The molecule has 0 aromatic heterocycles. The van der Waals surface area contributed by atoms with Crippen molar-refractivity contribution in [2.75, 3.05) is 20.1 Å². The summed E-state index contributed by atoms with van der Waals surface area (Å²) in [5, 5.41) is 8.84. The second-order valence-electron chi connectivity index (χ2n) is 7.24. The number of amides is 1. The molecule has 0 bridgehead atoms. The largest absolute Gasteiger partial charge is 0.338 e. The summed E-state index contributed by atoms with van der Waals surface area (Å²) in [6.45, 7) is 0.580. The van der Waals surface area contributed by atoms with Crippen LogP contribution in [0.1, 0.15) is 44.1 Å². The lowest BCUT2D eigenvalue weighted by molar-refractivity contribution is -0.137. The molecule has 1 aliphatic carbocycles. The number of likely N-dealkylation sites (N-methyl/N-ethyl adjacent to an activating group) is 1. The number of piperidine rings is 1. The minimum Gasteiger partial charge on any atom is -0.338 e. The molecule has 140 valence electrons. The number of benzene rings is 1. The summed E-state index contributed by atoms with van der Waals surface area (Å²) in [4.78, 5) is 14.8. The van der Waals surface area contributed by atoms with Gasteiger partial charge in [-0.1, -0.05) is 12.8 Å². The Morgan fingerprint density at radius 1 is 1.19 bits per heavy atom. The molecule has 26 heavy (non-hydrogen) atoms. The van der Waals surface area contributed by atoms with E-state index in [-0.39, 0.29) is 23.4 Å². The first-order valence-electron chi connectivity index (χ1n) is 9.19. The molecule has 1 aliphatic heterocycles. The molecule has 1 saturated heterocycles. The first kappa shape index (κ1) is 18.9. The van der Waals surface area contributed by atoms with Gasteiger partial charge in [-0.05, 0) is 55.9 Å². The molecule has 1 heterocycles. The average molecular weight is 375 g/mol. The van der Waals surface area contributed by atoms with Gasteiger partial charge < -0.3 is 4.90 Å². The van der Waals surface area contributed by atoms with Gasteiger partial charge >= 0.3 is 0 Å². The predicted octanol–water partition coefficient (Wildman–Crippen LogP) is 2.36. The average Bonchev–Trinajstić information content (AvgIpc) is 2.67. The van der Waals surface area contributed by atoms with Crippen molar-refractivity contribution in [3.63, 3.8) is 0 Å². The zero-order valence-electron chi connectivity index (χ0n) is 15.1. The Morgan fingerprint density at radius 2 is 1.85 bits per heavy atom. The van der Waals surface area contributed by atoms with Gasteiger partial charge in [0.15, 0.2) is 0 Å². The molecule has 1 aromatic rings. The van der Waals surface area contributed by atoms with Gasteiger partial charge in [-0.25, -0.2) is 8.42 Å². The van der Waals surface area contributed by atoms with E-state index in [1.165, 1.54) is 50.6 Å². The molecule has 3 rings (SSSR count). The van der Waals surface area contributed by atoms with Crippen molar-refractivity contribution < 1.29 is 13.2 Å². The van der Waals surface area contributed by atoms with Crippen LogP contribution >= 0.6 is 0 Å². The fraction of sp³-hybridized carbons (Fsp3) is 0.579. The number of likely N-dealkylation sites (tertiary alicyclic amines) is 1. The summed E-state index contributed by atoms with van der Waals surface area (Å²) in [6.07, 6.45) is 6.75. The number of sulfonamides is 1. The van der Waals surface area contributed by atoms with Crippen molar-refractivity contribution in [2.45, 2.75) is 49.5 Å². The molecule has 1 aromatic carbocycles. The highest BCUT2D eigenvalue weighted by Gasteiger charge is 2.36. The van der Waals surface area contributed by atoms with Gasteiger partial charge in [-0.2, -0.15) is 9.57 Å². The van der Waals surface area contributed by atoms with Crippen molar-refractivity contribution in [3.05, 3.63) is 29.8 Å². The number of hydrogen-bond acceptors (Lipinski definition) is 4. The molecule has 1 amide bonds. The van der Waals surface area contributed by atoms with Crippen LogP contribution < -0.4 is 0 Å². The van der Waals surface area contributed by atoms with Crippen molar-refractivity contribution >= 4 is 15.9 Å². The summed E-state index contributed by atoms with van der Waals surface area (Å²) in [7, 11) is -2.31. The van der Waals surface area contributed by atoms with Gasteiger partial charge in [0.1, 0.15) is 0 Å². The number of carbonyl (C=O) groups excluding carboxylic acids is 1. The number of carbonyl (C=O) groups is 1.